The Morgan fingerprint density at radius 1 is 0.926 bits per heavy atom. The third-order valence-electron chi connectivity index (χ3n) is 3.52. The minimum absolute atomic E-state index is 0.180. The fourth-order valence-electron chi connectivity index (χ4n) is 2.34. The lowest BCUT2D eigenvalue weighted by Gasteiger charge is -2.29. The molecule has 7 nitrogen and oxygen atoms in total. The van der Waals surface area contributed by atoms with Crippen LogP contribution in [0.5, 0.6) is 0 Å². The van der Waals surface area contributed by atoms with Gasteiger partial charge in [0.15, 0.2) is 0 Å². The predicted octanol–water partition coefficient (Wildman–Crippen LogP) is 3.24. The second-order valence-electron chi connectivity index (χ2n) is 6.98. The third kappa shape index (κ3) is 8.24. The number of hydrogen-bond acceptors (Lipinski definition) is 5. The highest BCUT2D eigenvalue weighted by molar-refractivity contribution is 7.54. The van der Waals surface area contributed by atoms with Crippen LogP contribution < -0.4 is 10.6 Å². The molecule has 0 radical (unpaired) electrons. The first-order valence-corrected chi connectivity index (χ1v) is 10.7. The number of carbonyl (C=O) groups is 2. The number of amides is 2. The topological polar surface area (TPSA) is 93.7 Å². The second kappa shape index (κ2) is 10.6. The largest absolute Gasteiger partial charge is 0.352 e. The van der Waals surface area contributed by atoms with Gasteiger partial charge in [-0.3, -0.25) is 14.2 Å². The molecule has 2 N–H and O–H groups in total. The number of nitrogens with one attached hydrogen (secondary N) is 2. The zero-order valence-corrected chi connectivity index (χ0v) is 17.8. The highest BCUT2D eigenvalue weighted by Gasteiger charge is 2.36. The summed E-state index contributed by atoms with van der Waals surface area (Å²) in [5.41, 5.74) is 0.858. The van der Waals surface area contributed by atoms with E-state index in [4.69, 9.17) is 9.05 Å². The normalized spacial score (nSPS) is 14.1. The van der Waals surface area contributed by atoms with Crippen LogP contribution in [0.2, 0.25) is 0 Å². The maximum atomic E-state index is 13.0. The van der Waals surface area contributed by atoms with Gasteiger partial charge in [0.25, 0.3) is 0 Å². The summed E-state index contributed by atoms with van der Waals surface area (Å²) in [7, 11) is -3.55. The molecule has 0 aliphatic carbocycles. The maximum Gasteiger partial charge on any atom is 0.352 e. The van der Waals surface area contributed by atoms with Crippen LogP contribution in [0.3, 0.4) is 0 Å². The van der Waals surface area contributed by atoms with E-state index in [1.165, 1.54) is 0 Å². The van der Waals surface area contributed by atoms with Crippen molar-refractivity contribution in [3.8, 4) is 0 Å². The zero-order valence-electron chi connectivity index (χ0n) is 16.9. The molecule has 0 saturated heterocycles. The Balaban J connectivity index is 2.66. The molecule has 0 spiro atoms. The van der Waals surface area contributed by atoms with Crippen molar-refractivity contribution >= 4 is 19.4 Å². The van der Waals surface area contributed by atoms with E-state index in [9.17, 15) is 14.2 Å². The van der Waals surface area contributed by atoms with E-state index in [-0.39, 0.29) is 24.5 Å². The van der Waals surface area contributed by atoms with Crippen LogP contribution in [-0.4, -0.2) is 35.8 Å². The van der Waals surface area contributed by atoms with Gasteiger partial charge < -0.3 is 19.7 Å². The molecule has 0 aliphatic rings. The van der Waals surface area contributed by atoms with Crippen LogP contribution in [-0.2, 0) is 29.6 Å². The van der Waals surface area contributed by atoms with E-state index in [0.717, 1.165) is 5.56 Å². The average molecular weight is 398 g/mol. The Morgan fingerprint density at radius 3 is 1.93 bits per heavy atom. The first kappa shape index (κ1) is 23.3. The van der Waals surface area contributed by atoms with Crippen molar-refractivity contribution in [1.29, 1.82) is 0 Å². The van der Waals surface area contributed by atoms with E-state index >= 15 is 0 Å². The van der Waals surface area contributed by atoms with Gasteiger partial charge >= 0.3 is 7.60 Å². The molecule has 1 rings (SSSR count). The molecule has 1 aromatic rings. The van der Waals surface area contributed by atoms with Gasteiger partial charge in [0, 0.05) is 0 Å². The van der Waals surface area contributed by atoms with Crippen molar-refractivity contribution in [2.24, 2.45) is 0 Å². The molecule has 152 valence electrons. The Hall–Kier alpha value is -1.69. The van der Waals surface area contributed by atoms with E-state index in [1.54, 1.807) is 41.5 Å². The van der Waals surface area contributed by atoms with Gasteiger partial charge in [0.1, 0.15) is 11.8 Å². The molecule has 27 heavy (non-hydrogen) atoms. The maximum absolute atomic E-state index is 13.0. The number of benzene rings is 1. The molecular weight excluding hydrogens is 367 g/mol. The standard InChI is InChI=1S/C19H31N2O5P/c1-13(2)25-27(24,26-14(3)4)16(6)21-19(23)15(5)20-18(22)12-17-10-8-7-9-11-17/h7-11,13-16H,12H2,1-6H3,(H,20,22)(H,21,23)/t15-,16-/m1/s1. The summed E-state index contributed by atoms with van der Waals surface area (Å²) in [5, 5.41) is 5.28. The third-order valence-corrected chi connectivity index (χ3v) is 6.03. The summed E-state index contributed by atoms with van der Waals surface area (Å²) < 4.78 is 24.0. The molecule has 0 unspecified atom stereocenters. The average Bonchev–Trinajstić information content (AvgIpc) is 2.53. The molecule has 8 heteroatoms. The molecular formula is C19H31N2O5P. The van der Waals surface area contributed by atoms with Gasteiger partial charge in [-0.25, -0.2) is 0 Å². The van der Waals surface area contributed by atoms with Gasteiger partial charge in [-0.05, 0) is 47.1 Å². The summed E-state index contributed by atoms with van der Waals surface area (Å²) in [6.45, 7) is 10.1. The first-order valence-electron chi connectivity index (χ1n) is 9.13. The number of carbonyl (C=O) groups excluding carboxylic acids is 2. The van der Waals surface area contributed by atoms with Gasteiger partial charge in [-0.15, -0.1) is 0 Å². The van der Waals surface area contributed by atoms with Crippen molar-refractivity contribution in [2.45, 2.75) is 72.0 Å². The molecule has 0 aliphatic heterocycles. The van der Waals surface area contributed by atoms with Crippen LogP contribution in [0, 0.1) is 0 Å². The van der Waals surface area contributed by atoms with Gasteiger partial charge in [0.2, 0.25) is 11.8 Å². The minimum Gasteiger partial charge on any atom is -0.344 e. The van der Waals surface area contributed by atoms with Gasteiger partial charge in [-0.2, -0.15) is 0 Å². The smallest absolute Gasteiger partial charge is 0.344 e. The quantitative estimate of drug-likeness (QED) is 0.590. The van der Waals surface area contributed by atoms with Crippen LogP contribution in [0.25, 0.3) is 0 Å². The van der Waals surface area contributed by atoms with Gasteiger partial charge in [-0.1, -0.05) is 30.3 Å². The molecule has 1 aromatic carbocycles. The van der Waals surface area contributed by atoms with Crippen molar-refractivity contribution in [1.82, 2.24) is 10.6 Å². The van der Waals surface area contributed by atoms with E-state index in [1.807, 2.05) is 30.3 Å². The fraction of sp³-hybridized carbons (Fsp3) is 0.579. The first-order chi connectivity index (χ1) is 12.5. The summed E-state index contributed by atoms with van der Waals surface area (Å²) in [5.74, 6) is -1.57. The molecule has 0 aromatic heterocycles. The molecule has 0 heterocycles. The van der Waals surface area contributed by atoms with Crippen molar-refractivity contribution in [2.75, 3.05) is 0 Å². The highest BCUT2D eigenvalue weighted by Crippen LogP contribution is 2.53. The molecule has 2 atom stereocenters. The lowest BCUT2D eigenvalue weighted by Crippen LogP contribution is -2.48. The number of hydrogen-bond donors (Lipinski definition) is 2. The molecule has 0 saturated carbocycles. The van der Waals surface area contributed by atoms with E-state index in [0.29, 0.717) is 0 Å². The van der Waals surface area contributed by atoms with Crippen molar-refractivity contribution < 1.29 is 23.2 Å². The highest BCUT2D eigenvalue weighted by atomic mass is 31.2. The number of rotatable bonds is 10. The van der Waals surface area contributed by atoms with Crippen molar-refractivity contribution in [3.05, 3.63) is 35.9 Å². The SMILES string of the molecule is CC(C)OP(=O)(OC(C)C)[C@H](C)NC(=O)[C@@H](C)NC(=O)Cc1ccccc1. The van der Waals surface area contributed by atoms with Crippen LogP contribution in [0.1, 0.15) is 47.1 Å². The summed E-state index contributed by atoms with van der Waals surface area (Å²) in [6.07, 6.45) is -0.465. The van der Waals surface area contributed by atoms with Crippen LogP contribution in [0.4, 0.5) is 0 Å². The van der Waals surface area contributed by atoms with Crippen LogP contribution >= 0.6 is 7.60 Å². The van der Waals surface area contributed by atoms with Crippen LogP contribution in [0.15, 0.2) is 30.3 Å². The lowest BCUT2D eigenvalue weighted by atomic mass is 10.1. The van der Waals surface area contributed by atoms with E-state index < -0.39 is 25.3 Å². The fourth-order valence-corrected chi connectivity index (χ4v) is 4.22. The monoisotopic (exact) mass is 398 g/mol. The summed E-state index contributed by atoms with van der Waals surface area (Å²) in [4.78, 5) is 24.5. The Morgan fingerprint density at radius 2 is 1.44 bits per heavy atom. The van der Waals surface area contributed by atoms with E-state index in [2.05, 4.69) is 10.6 Å². The Kier molecular flexibility index (Phi) is 9.16. The molecule has 0 fully saturated rings. The Bertz CT molecular complexity index is 649. The van der Waals surface area contributed by atoms with Gasteiger partial charge in [0.05, 0.1) is 18.6 Å². The molecule has 2 amide bonds. The lowest BCUT2D eigenvalue weighted by molar-refractivity contribution is -0.128. The summed E-state index contributed by atoms with van der Waals surface area (Å²) in [6, 6.07) is 8.47. The van der Waals surface area contributed by atoms with Crippen molar-refractivity contribution in [3.63, 3.8) is 0 Å². The minimum atomic E-state index is -3.55. The summed E-state index contributed by atoms with van der Waals surface area (Å²) >= 11 is 0. The Labute approximate surface area is 161 Å². The predicted molar refractivity (Wildman–Crippen MR) is 105 cm³/mol. The zero-order chi connectivity index (χ0) is 20.6. The molecule has 0 bridgehead atoms. The second-order valence-corrected chi connectivity index (χ2v) is 9.26.